The molecule has 0 bridgehead atoms. The molecule has 5 nitrogen and oxygen atoms in total. The van der Waals surface area contributed by atoms with E-state index in [2.05, 4.69) is 12.2 Å². The maximum atomic E-state index is 12.8. The van der Waals surface area contributed by atoms with Gasteiger partial charge in [0.1, 0.15) is 5.75 Å². The van der Waals surface area contributed by atoms with Crippen LogP contribution in [0.4, 0.5) is 5.69 Å². The molecule has 0 fully saturated rings. The molecule has 1 unspecified atom stereocenters. The predicted molar refractivity (Wildman–Crippen MR) is 113 cm³/mol. The standard InChI is InChI=1S/C19H23ClNO4PS/c1-3-5-14-27-26(23,24-4-2)25-18-12-10-17(11-13-18)21-19(22)15-6-8-16(20)9-7-15/h6-13H,3-5,14H2,1-2H3,(H,21,22). The molecule has 1 amide bonds. The quantitative estimate of drug-likeness (QED) is 0.339. The second-order valence-electron chi connectivity index (χ2n) is 5.63. The Morgan fingerprint density at radius 2 is 1.78 bits per heavy atom. The highest BCUT2D eigenvalue weighted by atomic mass is 35.5. The first-order valence-corrected chi connectivity index (χ1v) is 12.2. The molecule has 0 radical (unpaired) electrons. The number of carbonyl (C=O) groups is 1. The van der Waals surface area contributed by atoms with E-state index in [0.717, 1.165) is 12.8 Å². The Morgan fingerprint density at radius 3 is 2.37 bits per heavy atom. The molecule has 2 aromatic carbocycles. The van der Waals surface area contributed by atoms with Crippen molar-refractivity contribution < 1.29 is 18.4 Å². The second kappa shape index (κ2) is 10.8. The summed E-state index contributed by atoms with van der Waals surface area (Å²) in [5, 5.41) is 3.36. The Bertz CT molecular complexity index is 783. The Balaban J connectivity index is 1.99. The van der Waals surface area contributed by atoms with Gasteiger partial charge in [-0.3, -0.25) is 9.32 Å². The van der Waals surface area contributed by atoms with Crippen molar-refractivity contribution in [2.45, 2.75) is 26.7 Å². The van der Waals surface area contributed by atoms with Crippen LogP contribution in [0.25, 0.3) is 0 Å². The maximum absolute atomic E-state index is 12.8. The fraction of sp³-hybridized carbons (Fsp3) is 0.316. The Kier molecular flexibility index (Phi) is 8.71. The summed E-state index contributed by atoms with van der Waals surface area (Å²) in [5.41, 5.74) is 1.11. The lowest BCUT2D eigenvalue weighted by Crippen LogP contribution is -2.11. The zero-order valence-corrected chi connectivity index (χ0v) is 17.8. The van der Waals surface area contributed by atoms with Gasteiger partial charge in [0.15, 0.2) is 0 Å². The number of unbranched alkanes of at least 4 members (excludes halogenated alkanes) is 1. The van der Waals surface area contributed by atoms with Gasteiger partial charge in [-0.05, 0) is 73.3 Å². The van der Waals surface area contributed by atoms with E-state index < -0.39 is 6.80 Å². The number of hydrogen-bond acceptors (Lipinski definition) is 5. The van der Waals surface area contributed by atoms with Gasteiger partial charge in [-0.1, -0.05) is 24.9 Å². The van der Waals surface area contributed by atoms with Crippen LogP contribution >= 0.6 is 29.8 Å². The first-order valence-electron chi connectivity index (χ1n) is 8.71. The van der Waals surface area contributed by atoms with Gasteiger partial charge in [0, 0.05) is 22.0 Å². The molecular weight excluding hydrogens is 405 g/mol. The van der Waals surface area contributed by atoms with E-state index in [-0.39, 0.29) is 5.91 Å². The van der Waals surface area contributed by atoms with E-state index in [1.165, 1.54) is 11.4 Å². The van der Waals surface area contributed by atoms with E-state index in [9.17, 15) is 9.36 Å². The lowest BCUT2D eigenvalue weighted by Gasteiger charge is -2.17. The smallest absolute Gasteiger partial charge is 0.417 e. The third-order valence-corrected chi connectivity index (χ3v) is 7.55. The minimum atomic E-state index is -3.25. The molecule has 0 aliphatic heterocycles. The van der Waals surface area contributed by atoms with Crippen LogP contribution in [0.5, 0.6) is 5.75 Å². The Hall–Kier alpha value is -1.46. The molecule has 2 rings (SSSR count). The van der Waals surface area contributed by atoms with E-state index in [1.807, 2.05) is 0 Å². The third kappa shape index (κ3) is 7.23. The van der Waals surface area contributed by atoms with E-state index >= 15 is 0 Å². The zero-order valence-electron chi connectivity index (χ0n) is 15.3. The minimum Gasteiger partial charge on any atom is -0.417 e. The number of nitrogens with one attached hydrogen (secondary N) is 1. The molecule has 27 heavy (non-hydrogen) atoms. The van der Waals surface area contributed by atoms with Crippen LogP contribution in [0, 0.1) is 0 Å². The summed E-state index contributed by atoms with van der Waals surface area (Å²) in [6, 6.07) is 13.3. The normalized spacial score (nSPS) is 13.0. The molecule has 1 atom stereocenters. The molecule has 0 spiro atoms. The summed E-state index contributed by atoms with van der Waals surface area (Å²) in [6.07, 6.45) is 1.96. The fourth-order valence-electron chi connectivity index (χ4n) is 2.10. The summed E-state index contributed by atoms with van der Waals surface area (Å²) < 4.78 is 23.7. The highest BCUT2D eigenvalue weighted by Crippen LogP contribution is 2.60. The van der Waals surface area contributed by atoms with Crippen molar-refractivity contribution in [2.24, 2.45) is 0 Å². The van der Waals surface area contributed by atoms with Gasteiger partial charge in [-0.25, -0.2) is 4.57 Å². The van der Waals surface area contributed by atoms with Crippen molar-refractivity contribution in [3.05, 3.63) is 59.1 Å². The van der Waals surface area contributed by atoms with E-state index in [1.54, 1.807) is 55.5 Å². The molecule has 0 saturated heterocycles. The lowest BCUT2D eigenvalue weighted by atomic mass is 10.2. The van der Waals surface area contributed by atoms with Crippen molar-refractivity contribution in [1.82, 2.24) is 0 Å². The summed E-state index contributed by atoms with van der Waals surface area (Å²) in [6.45, 7) is 0.919. The largest absolute Gasteiger partial charge is 0.440 e. The first kappa shape index (κ1) is 21.8. The predicted octanol–water partition coefficient (Wildman–Crippen LogP) is 6.65. The molecule has 0 heterocycles. The molecule has 0 aliphatic carbocycles. The molecule has 146 valence electrons. The summed E-state index contributed by atoms with van der Waals surface area (Å²) >= 11 is 7.04. The lowest BCUT2D eigenvalue weighted by molar-refractivity contribution is 0.102. The molecule has 8 heteroatoms. The number of benzene rings is 2. The Morgan fingerprint density at radius 1 is 1.11 bits per heavy atom. The average Bonchev–Trinajstić information content (AvgIpc) is 2.64. The van der Waals surface area contributed by atoms with Gasteiger partial charge in [0.25, 0.3) is 5.91 Å². The van der Waals surface area contributed by atoms with Crippen molar-refractivity contribution in [3.63, 3.8) is 0 Å². The SMILES string of the molecule is CCCCSP(=O)(OCC)Oc1ccc(NC(=O)c2ccc(Cl)cc2)cc1. The minimum absolute atomic E-state index is 0.240. The zero-order chi connectivity index (χ0) is 19.7. The van der Waals surface area contributed by atoms with Crippen LogP contribution in [0.15, 0.2) is 48.5 Å². The fourth-order valence-corrected chi connectivity index (χ4v) is 5.76. The second-order valence-corrected chi connectivity index (χ2v) is 10.2. The molecule has 0 saturated carbocycles. The number of anilines is 1. The highest BCUT2D eigenvalue weighted by molar-refractivity contribution is 8.55. The van der Waals surface area contributed by atoms with Crippen LogP contribution in [-0.2, 0) is 9.09 Å². The van der Waals surface area contributed by atoms with Crippen LogP contribution in [-0.4, -0.2) is 18.3 Å². The molecular formula is C19H23ClNO4PS. The van der Waals surface area contributed by atoms with Crippen LogP contribution in [0.1, 0.15) is 37.0 Å². The number of rotatable bonds is 10. The van der Waals surface area contributed by atoms with Crippen LogP contribution < -0.4 is 9.84 Å². The third-order valence-electron chi connectivity index (χ3n) is 3.47. The molecule has 2 aromatic rings. The highest BCUT2D eigenvalue weighted by Gasteiger charge is 2.26. The van der Waals surface area contributed by atoms with Crippen LogP contribution in [0.3, 0.4) is 0 Å². The molecule has 0 aromatic heterocycles. The van der Waals surface area contributed by atoms with E-state index in [4.69, 9.17) is 20.6 Å². The summed E-state index contributed by atoms with van der Waals surface area (Å²) in [7, 11) is 0. The van der Waals surface area contributed by atoms with Gasteiger partial charge in [0.2, 0.25) is 0 Å². The van der Waals surface area contributed by atoms with Gasteiger partial charge in [-0.15, -0.1) is 0 Å². The van der Waals surface area contributed by atoms with Gasteiger partial charge < -0.3 is 9.84 Å². The number of halogens is 1. The van der Waals surface area contributed by atoms with Crippen LogP contribution in [0.2, 0.25) is 5.02 Å². The first-order chi connectivity index (χ1) is 13.0. The summed E-state index contributed by atoms with van der Waals surface area (Å²) in [4.78, 5) is 12.2. The van der Waals surface area contributed by atoms with Gasteiger partial charge >= 0.3 is 6.80 Å². The summed E-state index contributed by atoms with van der Waals surface area (Å²) in [5.74, 6) is 0.902. The number of hydrogen-bond donors (Lipinski definition) is 1. The number of amides is 1. The monoisotopic (exact) mass is 427 g/mol. The van der Waals surface area contributed by atoms with Crippen molar-refractivity contribution in [1.29, 1.82) is 0 Å². The topological polar surface area (TPSA) is 64.6 Å². The number of carbonyl (C=O) groups excluding carboxylic acids is 1. The Labute approximate surface area is 169 Å². The van der Waals surface area contributed by atoms with Crippen molar-refractivity contribution in [2.75, 3.05) is 17.7 Å². The van der Waals surface area contributed by atoms with Crippen molar-refractivity contribution in [3.8, 4) is 5.75 Å². The maximum Gasteiger partial charge on any atom is 0.440 e. The van der Waals surface area contributed by atoms with Gasteiger partial charge in [-0.2, -0.15) is 0 Å². The van der Waals surface area contributed by atoms with Crippen molar-refractivity contribution >= 4 is 41.4 Å². The molecule has 1 N–H and O–H groups in total. The van der Waals surface area contributed by atoms with E-state index in [0.29, 0.717) is 34.4 Å². The average molecular weight is 428 g/mol. The molecule has 0 aliphatic rings. The van der Waals surface area contributed by atoms with Gasteiger partial charge in [0.05, 0.1) is 6.61 Å².